The molecule has 5 aromatic rings. The Labute approximate surface area is 148 Å². The van der Waals surface area contributed by atoms with Crippen LogP contribution in [0.4, 0.5) is 0 Å². The molecule has 5 rings (SSSR count). The third-order valence-corrected chi connectivity index (χ3v) is 5.60. The van der Waals surface area contributed by atoms with Crippen molar-refractivity contribution in [2.45, 2.75) is 6.92 Å². The fourth-order valence-electron chi connectivity index (χ4n) is 3.89. The molecule has 1 heteroatoms. The minimum atomic E-state index is 1.15. The molecule has 24 heavy (non-hydrogen) atoms. The molecule has 0 bridgehead atoms. The van der Waals surface area contributed by atoms with E-state index >= 15 is 0 Å². The lowest BCUT2D eigenvalue weighted by Crippen LogP contribution is -1.87. The molecule has 114 valence electrons. The summed E-state index contributed by atoms with van der Waals surface area (Å²) in [5, 5.41) is 10.5. The first-order valence-corrected chi connectivity index (χ1v) is 8.95. The van der Waals surface area contributed by atoms with Gasteiger partial charge in [-0.1, -0.05) is 88.2 Å². The van der Waals surface area contributed by atoms with Crippen molar-refractivity contribution in [1.82, 2.24) is 0 Å². The highest BCUT2D eigenvalue weighted by Crippen LogP contribution is 2.41. The molecule has 0 nitrogen and oxygen atoms in total. The molecule has 0 unspecified atom stereocenters. The maximum Gasteiger partial charge on any atom is 0.0260 e. The van der Waals surface area contributed by atoms with E-state index in [4.69, 9.17) is 0 Å². The number of hydrogen-bond acceptors (Lipinski definition) is 0. The van der Waals surface area contributed by atoms with Crippen molar-refractivity contribution >= 4 is 59.0 Å². The average Bonchev–Trinajstić information content (AvgIpc) is 2.62. The number of hydrogen-bond donors (Lipinski definition) is 0. The predicted octanol–water partition coefficient (Wildman–Crippen LogP) is 7.37. The van der Waals surface area contributed by atoms with Gasteiger partial charge in [0, 0.05) is 4.47 Å². The van der Waals surface area contributed by atoms with Crippen molar-refractivity contribution in [3.05, 3.63) is 82.8 Å². The molecular weight excluding hydrogens is 356 g/mol. The van der Waals surface area contributed by atoms with Gasteiger partial charge < -0.3 is 0 Å². The molecule has 0 spiro atoms. The molecule has 0 atom stereocenters. The zero-order valence-electron chi connectivity index (χ0n) is 13.3. The lowest BCUT2D eigenvalue weighted by atomic mass is 9.90. The summed E-state index contributed by atoms with van der Waals surface area (Å²) in [5.74, 6) is 0. The molecule has 0 aliphatic heterocycles. The molecule has 0 amide bonds. The smallest absolute Gasteiger partial charge is 0.0260 e. The van der Waals surface area contributed by atoms with Crippen molar-refractivity contribution in [3.8, 4) is 0 Å². The summed E-state index contributed by atoms with van der Waals surface area (Å²) in [5.41, 5.74) is 1.30. The van der Waals surface area contributed by atoms with Crippen LogP contribution in [0, 0.1) is 6.92 Å². The highest BCUT2D eigenvalue weighted by Gasteiger charge is 2.12. The van der Waals surface area contributed by atoms with Crippen LogP contribution in [-0.4, -0.2) is 0 Å². The van der Waals surface area contributed by atoms with E-state index in [1.165, 1.54) is 48.7 Å². The summed E-state index contributed by atoms with van der Waals surface area (Å²) >= 11 is 3.78. The van der Waals surface area contributed by atoms with Crippen LogP contribution in [0.3, 0.4) is 0 Å². The summed E-state index contributed by atoms with van der Waals surface area (Å²) in [7, 11) is 0. The summed E-state index contributed by atoms with van der Waals surface area (Å²) in [6.45, 7) is 2.16. The normalized spacial score (nSPS) is 11.8. The molecule has 0 aliphatic carbocycles. The Morgan fingerprint density at radius 3 is 1.88 bits per heavy atom. The largest absolute Gasteiger partial charge is 0.0616 e. The van der Waals surface area contributed by atoms with Crippen molar-refractivity contribution in [1.29, 1.82) is 0 Å². The molecule has 0 saturated carbocycles. The van der Waals surface area contributed by atoms with Crippen molar-refractivity contribution in [2.75, 3.05) is 0 Å². The van der Waals surface area contributed by atoms with Crippen LogP contribution in [0.2, 0.25) is 0 Å². The van der Waals surface area contributed by atoms with Gasteiger partial charge in [-0.25, -0.2) is 0 Å². The van der Waals surface area contributed by atoms with Crippen LogP contribution < -0.4 is 0 Å². The lowest BCUT2D eigenvalue weighted by molar-refractivity contribution is 1.51. The third kappa shape index (κ3) is 1.85. The quantitative estimate of drug-likeness (QED) is 0.249. The highest BCUT2D eigenvalue weighted by molar-refractivity contribution is 9.10. The van der Waals surface area contributed by atoms with E-state index in [1.54, 1.807) is 0 Å². The van der Waals surface area contributed by atoms with Crippen LogP contribution in [-0.2, 0) is 0 Å². The van der Waals surface area contributed by atoms with Gasteiger partial charge in [0.05, 0.1) is 0 Å². The minimum absolute atomic E-state index is 1.15. The first kappa shape index (κ1) is 14.0. The first-order chi connectivity index (χ1) is 11.7. The second-order valence-electron chi connectivity index (χ2n) is 6.42. The standard InChI is InChI=1S/C23H15Br/c1-14-10-11-19-20(12-14)15-6-2-3-7-16(15)21-13-22(24)17-8-4-5-9-18(17)23(19)21/h2-13H,1H3. The van der Waals surface area contributed by atoms with Crippen LogP contribution in [0.25, 0.3) is 43.1 Å². The highest BCUT2D eigenvalue weighted by atomic mass is 79.9. The fraction of sp³-hybridized carbons (Fsp3) is 0.0435. The maximum absolute atomic E-state index is 3.78. The van der Waals surface area contributed by atoms with E-state index in [-0.39, 0.29) is 0 Å². The summed E-state index contributed by atoms with van der Waals surface area (Å²) in [6, 6.07) is 26.5. The third-order valence-electron chi connectivity index (χ3n) is 4.95. The monoisotopic (exact) mass is 370 g/mol. The Hall–Kier alpha value is -2.38. The first-order valence-electron chi connectivity index (χ1n) is 8.16. The van der Waals surface area contributed by atoms with Gasteiger partial charge in [0.25, 0.3) is 0 Å². The van der Waals surface area contributed by atoms with Gasteiger partial charge in [-0.2, -0.15) is 0 Å². The van der Waals surface area contributed by atoms with Crippen molar-refractivity contribution in [3.63, 3.8) is 0 Å². The van der Waals surface area contributed by atoms with Crippen LogP contribution in [0.15, 0.2) is 77.3 Å². The Bertz CT molecular complexity index is 1270. The molecule has 0 aliphatic rings. The SMILES string of the molecule is Cc1ccc2c(c1)c1ccccc1c1cc(Br)c3ccccc3c21. The average molecular weight is 371 g/mol. The van der Waals surface area contributed by atoms with E-state index in [2.05, 4.69) is 95.7 Å². The molecule has 0 aromatic heterocycles. The van der Waals surface area contributed by atoms with E-state index in [1.807, 2.05) is 0 Å². The number of halogens is 1. The Balaban J connectivity index is 2.23. The molecule has 0 fully saturated rings. The van der Waals surface area contributed by atoms with Crippen LogP contribution in [0.5, 0.6) is 0 Å². The predicted molar refractivity (Wildman–Crippen MR) is 109 cm³/mol. The van der Waals surface area contributed by atoms with Gasteiger partial charge in [0.2, 0.25) is 0 Å². The number of rotatable bonds is 0. The fourth-order valence-corrected chi connectivity index (χ4v) is 4.46. The topological polar surface area (TPSA) is 0 Å². The minimum Gasteiger partial charge on any atom is -0.0616 e. The summed E-state index contributed by atoms with van der Waals surface area (Å²) in [4.78, 5) is 0. The van der Waals surface area contributed by atoms with E-state index < -0.39 is 0 Å². The zero-order chi connectivity index (χ0) is 16.3. The number of fused-ring (bicyclic) bond motifs is 8. The second kappa shape index (κ2) is 5.06. The Morgan fingerprint density at radius 2 is 1.12 bits per heavy atom. The van der Waals surface area contributed by atoms with Gasteiger partial charge >= 0.3 is 0 Å². The summed E-state index contributed by atoms with van der Waals surface area (Å²) in [6.07, 6.45) is 0. The molecule has 0 heterocycles. The molecule has 5 aromatic carbocycles. The zero-order valence-corrected chi connectivity index (χ0v) is 14.9. The van der Waals surface area contributed by atoms with Gasteiger partial charge in [0.1, 0.15) is 0 Å². The van der Waals surface area contributed by atoms with E-state index in [0.717, 1.165) is 4.47 Å². The molecule has 0 saturated heterocycles. The molecule has 0 N–H and O–H groups in total. The lowest BCUT2D eigenvalue weighted by Gasteiger charge is -2.14. The number of aryl methyl sites for hydroxylation is 1. The van der Waals surface area contributed by atoms with Crippen molar-refractivity contribution in [2.24, 2.45) is 0 Å². The Kier molecular flexibility index (Phi) is 2.95. The van der Waals surface area contributed by atoms with E-state index in [9.17, 15) is 0 Å². The van der Waals surface area contributed by atoms with Crippen molar-refractivity contribution < 1.29 is 0 Å². The van der Waals surface area contributed by atoms with Gasteiger partial charge in [-0.05, 0) is 56.1 Å². The van der Waals surface area contributed by atoms with Gasteiger partial charge in [0.15, 0.2) is 0 Å². The Morgan fingerprint density at radius 1 is 0.542 bits per heavy atom. The molecular formula is C23H15Br. The summed E-state index contributed by atoms with van der Waals surface area (Å²) < 4.78 is 1.15. The maximum atomic E-state index is 3.78. The second-order valence-corrected chi connectivity index (χ2v) is 7.28. The van der Waals surface area contributed by atoms with Crippen LogP contribution in [0.1, 0.15) is 5.56 Å². The molecule has 0 radical (unpaired) electrons. The van der Waals surface area contributed by atoms with Gasteiger partial charge in [-0.15, -0.1) is 0 Å². The van der Waals surface area contributed by atoms with Crippen LogP contribution >= 0.6 is 15.9 Å². The van der Waals surface area contributed by atoms with E-state index in [0.29, 0.717) is 0 Å². The van der Waals surface area contributed by atoms with Gasteiger partial charge in [-0.3, -0.25) is 0 Å². The number of benzene rings is 5.